The van der Waals surface area contributed by atoms with E-state index in [1.165, 1.54) is 36.9 Å². The van der Waals surface area contributed by atoms with Gasteiger partial charge in [0.1, 0.15) is 35.5 Å². The highest BCUT2D eigenvalue weighted by molar-refractivity contribution is 8.00. The van der Waals surface area contributed by atoms with Gasteiger partial charge in [-0.2, -0.15) is 0 Å². The van der Waals surface area contributed by atoms with E-state index >= 15 is 0 Å². The first-order valence-corrected chi connectivity index (χ1v) is 10.1. The normalized spacial score (nSPS) is 21.4. The van der Waals surface area contributed by atoms with Crippen LogP contribution < -0.4 is 11.1 Å². The Morgan fingerprint density at radius 3 is 2.73 bits per heavy atom. The number of phenols is 1. The van der Waals surface area contributed by atoms with Gasteiger partial charge < -0.3 is 26.0 Å². The van der Waals surface area contributed by atoms with Crippen molar-refractivity contribution in [2.24, 2.45) is 5.73 Å². The minimum Gasteiger partial charge on any atom is -0.506 e. The number of β-lactam (4-membered cyclic amide) rings is 1. The van der Waals surface area contributed by atoms with Crippen LogP contribution in [0.3, 0.4) is 0 Å². The molecule has 5 N–H and O–H groups in total. The van der Waals surface area contributed by atoms with Gasteiger partial charge >= 0.3 is 11.9 Å². The van der Waals surface area contributed by atoms with E-state index in [4.69, 9.17) is 22.1 Å². The monoisotopic (exact) mass is 455 g/mol. The number of fused-ring (bicyclic) bond motifs is 1. The Morgan fingerprint density at radius 2 is 2.13 bits per heavy atom. The van der Waals surface area contributed by atoms with Crippen molar-refractivity contribution in [1.82, 2.24) is 10.2 Å². The van der Waals surface area contributed by atoms with E-state index < -0.39 is 41.2 Å². The van der Waals surface area contributed by atoms with Crippen molar-refractivity contribution in [2.75, 3.05) is 12.4 Å². The van der Waals surface area contributed by atoms with Crippen LogP contribution in [0.2, 0.25) is 5.02 Å². The highest BCUT2D eigenvalue weighted by Gasteiger charge is 2.54. The lowest BCUT2D eigenvalue weighted by Crippen LogP contribution is -2.71. The molecule has 0 saturated carbocycles. The first kappa shape index (κ1) is 21.9. The number of hydrogen-bond donors (Lipinski definition) is 4. The molecule has 1 aromatic rings. The summed E-state index contributed by atoms with van der Waals surface area (Å²) in [6, 6.07) is 1.98. The average molecular weight is 456 g/mol. The molecule has 0 bridgehead atoms. The first-order chi connectivity index (χ1) is 14.1. The highest BCUT2D eigenvalue weighted by atomic mass is 35.5. The number of benzene rings is 1. The molecule has 12 heteroatoms. The van der Waals surface area contributed by atoms with E-state index in [0.717, 1.165) is 4.90 Å². The molecule has 3 rings (SSSR count). The smallest absolute Gasteiger partial charge is 0.352 e. The van der Waals surface area contributed by atoms with Gasteiger partial charge in [0.15, 0.2) is 0 Å². The summed E-state index contributed by atoms with van der Waals surface area (Å²) in [5.74, 6) is -3.08. The lowest BCUT2D eigenvalue weighted by Gasteiger charge is -2.49. The Balaban J connectivity index is 1.72. The molecule has 1 fully saturated rings. The maximum absolute atomic E-state index is 12.6. The third kappa shape index (κ3) is 4.09. The van der Waals surface area contributed by atoms with Crippen LogP contribution in [0, 0.1) is 0 Å². The fraction of sp³-hybridized carbons (Fsp3) is 0.333. The third-order valence-electron chi connectivity index (χ3n) is 4.61. The number of carbonyl (C=O) groups is 4. The number of aliphatic carboxylic acids is 1. The molecule has 0 aliphatic carbocycles. The summed E-state index contributed by atoms with van der Waals surface area (Å²) < 4.78 is 4.87. The van der Waals surface area contributed by atoms with E-state index in [1.807, 2.05) is 0 Å². The summed E-state index contributed by atoms with van der Waals surface area (Å²) in [6.45, 7) is 0.967. The predicted molar refractivity (Wildman–Crippen MR) is 106 cm³/mol. The summed E-state index contributed by atoms with van der Waals surface area (Å²) in [5, 5.41) is 20.9. The van der Waals surface area contributed by atoms with Crippen molar-refractivity contribution in [3.63, 3.8) is 0 Å². The molecular weight excluding hydrogens is 438 g/mol. The van der Waals surface area contributed by atoms with Crippen LogP contribution in [-0.2, 0) is 23.9 Å². The Labute approximate surface area is 180 Å². The molecule has 2 amide bonds. The number of phenolic OH excluding ortho intramolecular Hbond substituents is 1. The standard InChI is InChI=1S/C18H18ClN3O7S/c1-7(23)29-5-9-6-30-17-13(16(26)22(17)14(9)18(27)28)21-15(25)12(20)8-2-3-11(24)10(19)4-8/h2-4,12-13,17,24H,5-6,20H2,1H3,(H,21,25)(H,27,28)/t12?,13?,17-/m1/s1. The summed E-state index contributed by atoms with van der Waals surface area (Å²) in [6.07, 6.45) is 0. The Hall–Kier alpha value is -2.76. The predicted octanol–water partition coefficient (Wildman–Crippen LogP) is 0.347. The van der Waals surface area contributed by atoms with Crippen LogP contribution in [0.25, 0.3) is 0 Å². The van der Waals surface area contributed by atoms with Crippen molar-refractivity contribution in [3.8, 4) is 5.75 Å². The second-order valence-electron chi connectivity index (χ2n) is 6.62. The number of nitrogens with one attached hydrogen (secondary N) is 1. The number of carbonyl (C=O) groups excluding carboxylic acids is 3. The number of nitrogens with two attached hydrogens (primary N) is 1. The van der Waals surface area contributed by atoms with Crippen molar-refractivity contribution in [2.45, 2.75) is 24.4 Å². The number of rotatable bonds is 6. The molecule has 2 aliphatic heterocycles. The van der Waals surface area contributed by atoms with Crippen molar-refractivity contribution >= 4 is 47.1 Å². The van der Waals surface area contributed by atoms with Gasteiger partial charge in [-0.1, -0.05) is 17.7 Å². The molecule has 1 aromatic carbocycles. The van der Waals surface area contributed by atoms with Crippen LogP contribution in [0.5, 0.6) is 5.75 Å². The topological polar surface area (TPSA) is 159 Å². The highest BCUT2D eigenvalue weighted by Crippen LogP contribution is 2.40. The lowest BCUT2D eigenvalue weighted by molar-refractivity contribution is -0.151. The van der Waals surface area contributed by atoms with E-state index in [2.05, 4.69) is 5.32 Å². The molecule has 2 unspecified atom stereocenters. The van der Waals surface area contributed by atoms with Crippen LogP contribution >= 0.6 is 23.4 Å². The van der Waals surface area contributed by atoms with Crippen LogP contribution in [-0.4, -0.2) is 62.6 Å². The number of amides is 2. The van der Waals surface area contributed by atoms with E-state index in [0.29, 0.717) is 11.1 Å². The Kier molecular flexibility index (Phi) is 6.25. The van der Waals surface area contributed by atoms with E-state index in [1.54, 1.807) is 0 Å². The molecule has 3 atom stereocenters. The maximum atomic E-state index is 12.6. The molecular formula is C18H18ClN3O7S. The van der Waals surface area contributed by atoms with Crippen molar-refractivity contribution in [1.29, 1.82) is 0 Å². The van der Waals surface area contributed by atoms with Gasteiger partial charge in [0, 0.05) is 18.2 Å². The molecule has 2 aliphatic rings. The summed E-state index contributed by atoms with van der Waals surface area (Å²) in [5.41, 5.74) is 6.32. The summed E-state index contributed by atoms with van der Waals surface area (Å²) >= 11 is 7.07. The van der Waals surface area contributed by atoms with Crippen molar-refractivity contribution in [3.05, 3.63) is 40.1 Å². The lowest BCUT2D eigenvalue weighted by atomic mass is 10.0. The SMILES string of the molecule is CC(=O)OCC1=C(C(=O)O)N2C(=O)C(NC(=O)C(N)c3ccc(O)c(Cl)c3)[C@H]2SC1. The zero-order valence-corrected chi connectivity index (χ0v) is 17.2. The second kappa shape index (κ2) is 8.54. The van der Waals surface area contributed by atoms with Gasteiger partial charge in [-0.05, 0) is 17.7 Å². The Bertz CT molecular complexity index is 967. The van der Waals surface area contributed by atoms with Crippen LogP contribution in [0.4, 0.5) is 0 Å². The number of nitrogens with zero attached hydrogens (tertiary/aromatic N) is 1. The minimum atomic E-state index is -1.32. The zero-order valence-electron chi connectivity index (χ0n) is 15.6. The van der Waals surface area contributed by atoms with Gasteiger partial charge in [-0.15, -0.1) is 11.8 Å². The minimum absolute atomic E-state index is 0.0287. The number of halogens is 1. The third-order valence-corrected chi connectivity index (χ3v) is 6.25. The zero-order chi connectivity index (χ0) is 22.2. The van der Waals surface area contributed by atoms with E-state index in [-0.39, 0.29) is 28.8 Å². The van der Waals surface area contributed by atoms with Gasteiger partial charge in [-0.25, -0.2) is 4.79 Å². The van der Waals surface area contributed by atoms with Gasteiger partial charge in [0.25, 0.3) is 5.91 Å². The molecule has 2 heterocycles. The van der Waals surface area contributed by atoms with E-state index in [9.17, 15) is 29.4 Å². The fourth-order valence-corrected chi connectivity index (χ4v) is 4.61. The molecule has 0 spiro atoms. The van der Waals surface area contributed by atoms with Crippen LogP contribution in [0.1, 0.15) is 18.5 Å². The largest absolute Gasteiger partial charge is 0.506 e. The molecule has 1 saturated heterocycles. The quantitative estimate of drug-likeness (QED) is 0.350. The van der Waals surface area contributed by atoms with Gasteiger partial charge in [0.2, 0.25) is 5.91 Å². The van der Waals surface area contributed by atoms with Crippen molar-refractivity contribution < 1.29 is 34.1 Å². The number of hydrogen-bond acceptors (Lipinski definition) is 8. The number of carboxylic acids is 1. The van der Waals surface area contributed by atoms with Crippen LogP contribution in [0.15, 0.2) is 29.5 Å². The average Bonchev–Trinajstić information content (AvgIpc) is 2.70. The fourth-order valence-electron chi connectivity index (χ4n) is 3.09. The molecule has 10 nitrogen and oxygen atoms in total. The number of carboxylic acid groups (broad SMARTS) is 1. The molecule has 0 radical (unpaired) electrons. The molecule has 160 valence electrons. The summed E-state index contributed by atoms with van der Waals surface area (Å²) in [4.78, 5) is 48.9. The Morgan fingerprint density at radius 1 is 1.43 bits per heavy atom. The molecule has 0 aromatic heterocycles. The second-order valence-corrected chi connectivity index (χ2v) is 8.13. The number of thioether (sulfide) groups is 1. The number of ether oxygens (including phenoxy) is 1. The maximum Gasteiger partial charge on any atom is 0.352 e. The summed E-state index contributed by atoms with van der Waals surface area (Å²) in [7, 11) is 0. The molecule has 30 heavy (non-hydrogen) atoms. The first-order valence-electron chi connectivity index (χ1n) is 8.69. The van der Waals surface area contributed by atoms with Gasteiger partial charge in [-0.3, -0.25) is 19.3 Å². The number of aromatic hydroxyl groups is 1. The van der Waals surface area contributed by atoms with Gasteiger partial charge in [0.05, 0.1) is 5.02 Å². The number of esters is 1.